The Morgan fingerprint density at radius 1 is 1.03 bits per heavy atom. The first-order chi connectivity index (χ1) is 14.8. The van der Waals surface area contributed by atoms with Crippen LogP contribution in [0.25, 0.3) is 11.3 Å². The number of rotatable bonds is 9. The molecule has 5 heteroatoms. The minimum absolute atomic E-state index is 0.0134. The number of aromatic nitrogens is 2. The van der Waals surface area contributed by atoms with Gasteiger partial charge < -0.3 is 4.74 Å². The molecule has 1 unspecified atom stereocenters. The van der Waals surface area contributed by atoms with E-state index in [2.05, 4.69) is 0 Å². The zero-order chi connectivity index (χ0) is 22.4. The van der Waals surface area contributed by atoms with Gasteiger partial charge in [-0.1, -0.05) is 63.2 Å². The molecule has 0 aliphatic carbocycles. The smallest absolute Gasteiger partial charge is 0.254 e. The van der Waals surface area contributed by atoms with Crippen LogP contribution in [0.5, 0.6) is 5.75 Å². The number of carbonyl (C=O) groups excluding carboxylic acids is 1. The van der Waals surface area contributed by atoms with E-state index in [1.807, 2.05) is 75.4 Å². The van der Waals surface area contributed by atoms with Gasteiger partial charge in [-0.15, -0.1) is 0 Å². The number of carbonyl (C=O) groups is 1. The van der Waals surface area contributed by atoms with Crippen molar-refractivity contribution < 1.29 is 9.53 Å². The number of hydrogen-bond acceptors (Lipinski definition) is 4. The molecule has 0 saturated carbocycles. The van der Waals surface area contributed by atoms with Crippen LogP contribution in [0.15, 0.2) is 65.5 Å². The Hall–Kier alpha value is -3.21. The maximum atomic E-state index is 12.8. The average molecular weight is 419 g/mol. The maximum Gasteiger partial charge on any atom is 0.254 e. The normalized spacial score (nSPS) is 12.0. The van der Waals surface area contributed by atoms with Crippen molar-refractivity contribution >= 4 is 5.78 Å². The number of Topliss-reactive ketones (excluding diaryl/α,β-unsaturated/α-hetero) is 1. The van der Waals surface area contributed by atoms with Crippen LogP contribution in [-0.2, 0) is 17.8 Å². The molecule has 0 N–H and O–H groups in total. The number of ketones is 1. The van der Waals surface area contributed by atoms with E-state index in [0.717, 1.165) is 29.1 Å². The molecule has 0 aliphatic rings. The van der Waals surface area contributed by atoms with Crippen molar-refractivity contribution in [2.24, 2.45) is 5.92 Å². The van der Waals surface area contributed by atoms with E-state index in [1.54, 1.807) is 17.6 Å². The van der Waals surface area contributed by atoms with Crippen LogP contribution in [0.3, 0.4) is 0 Å². The highest BCUT2D eigenvalue weighted by Crippen LogP contribution is 2.19. The van der Waals surface area contributed by atoms with E-state index < -0.39 is 0 Å². The number of hydrogen-bond donors (Lipinski definition) is 0. The summed E-state index contributed by atoms with van der Waals surface area (Å²) in [6.07, 6.45) is 0.724. The van der Waals surface area contributed by atoms with Crippen LogP contribution < -0.4 is 10.3 Å². The number of nitrogens with zero attached hydrogens (tertiary/aromatic N) is 2. The molecule has 2 aromatic carbocycles. The van der Waals surface area contributed by atoms with Crippen molar-refractivity contribution in [3.8, 4) is 17.0 Å². The molecule has 0 aliphatic heterocycles. The van der Waals surface area contributed by atoms with Crippen LogP contribution in [0, 0.1) is 5.92 Å². The van der Waals surface area contributed by atoms with Crippen LogP contribution in [0.4, 0.5) is 0 Å². The van der Waals surface area contributed by atoms with Crippen molar-refractivity contribution in [3.63, 3.8) is 0 Å². The second-order valence-corrected chi connectivity index (χ2v) is 8.22. The van der Waals surface area contributed by atoms with Crippen molar-refractivity contribution in [3.05, 3.63) is 82.4 Å². The fourth-order valence-electron chi connectivity index (χ4n) is 3.42. The van der Waals surface area contributed by atoms with Crippen molar-refractivity contribution in [1.29, 1.82) is 0 Å². The van der Waals surface area contributed by atoms with Gasteiger partial charge in [-0.25, -0.2) is 4.98 Å². The van der Waals surface area contributed by atoms with E-state index in [-0.39, 0.29) is 23.2 Å². The molecule has 0 radical (unpaired) electrons. The van der Waals surface area contributed by atoms with Crippen molar-refractivity contribution in [2.45, 2.75) is 46.6 Å². The van der Waals surface area contributed by atoms with E-state index >= 15 is 0 Å². The predicted molar refractivity (Wildman–Crippen MR) is 124 cm³/mol. The zero-order valence-electron chi connectivity index (χ0n) is 18.7. The highest BCUT2D eigenvalue weighted by Gasteiger charge is 2.13. The molecule has 1 aromatic heterocycles. The Labute approximate surface area is 183 Å². The molecule has 162 valence electrons. The Kier molecular flexibility index (Phi) is 7.40. The molecule has 3 rings (SSSR count). The minimum Gasteiger partial charge on any atom is -0.492 e. The maximum absolute atomic E-state index is 12.8. The molecule has 1 atom stereocenters. The van der Waals surface area contributed by atoms with Gasteiger partial charge in [0, 0.05) is 23.5 Å². The lowest BCUT2D eigenvalue weighted by atomic mass is 9.98. The van der Waals surface area contributed by atoms with Gasteiger partial charge in [-0.05, 0) is 31.0 Å². The second kappa shape index (κ2) is 10.2. The molecule has 0 amide bonds. The van der Waals surface area contributed by atoms with Crippen LogP contribution in [-0.4, -0.2) is 21.9 Å². The minimum atomic E-state index is -0.0743. The molecule has 0 saturated heterocycles. The molecule has 3 aromatic rings. The van der Waals surface area contributed by atoms with Crippen molar-refractivity contribution in [1.82, 2.24) is 9.55 Å². The third kappa shape index (κ3) is 5.91. The molecule has 0 fully saturated rings. The third-order valence-electron chi connectivity index (χ3n) is 5.37. The summed E-state index contributed by atoms with van der Waals surface area (Å²) in [6, 6.07) is 19.1. The predicted octanol–water partition coefficient (Wildman–Crippen LogP) is 4.88. The fraction of sp³-hybridized carbons (Fsp3) is 0.346. The summed E-state index contributed by atoms with van der Waals surface area (Å²) >= 11 is 0. The lowest BCUT2D eigenvalue weighted by molar-refractivity contribution is -0.120. The van der Waals surface area contributed by atoms with Gasteiger partial charge in [0.05, 0.1) is 12.2 Å². The summed E-state index contributed by atoms with van der Waals surface area (Å²) < 4.78 is 7.56. The average Bonchev–Trinajstić information content (AvgIpc) is 2.76. The van der Waals surface area contributed by atoms with Gasteiger partial charge >= 0.3 is 0 Å². The molecule has 5 nitrogen and oxygen atoms in total. The molecular weight excluding hydrogens is 388 g/mol. The Morgan fingerprint density at radius 3 is 2.32 bits per heavy atom. The van der Waals surface area contributed by atoms with Gasteiger partial charge in [-0.3, -0.25) is 14.2 Å². The topological polar surface area (TPSA) is 61.2 Å². The summed E-state index contributed by atoms with van der Waals surface area (Å²) in [5.74, 6) is 1.81. The zero-order valence-corrected chi connectivity index (χ0v) is 18.7. The third-order valence-corrected chi connectivity index (χ3v) is 5.37. The van der Waals surface area contributed by atoms with E-state index in [1.165, 1.54) is 0 Å². The second-order valence-electron chi connectivity index (χ2n) is 8.22. The standard InChI is InChI=1S/C26H30N2O3/c1-18(2)26-27-24(22-8-6-5-7-9-22)17-25(30)28(26)14-15-31-23-12-10-21(11-13-23)16-19(3)20(4)29/h5-13,17-19H,14-16H2,1-4H3. The SMILES string of the molecule is CC(=O)C(C)Cc1ccc(OCCn2c(C(C)C)nc(-c3ccccc3)cc2=O)cc1. The highest BCUT2D eigenvalue weighted by atomic mass is 16.5. The van der Waals surface area contributed by atoms with Gasteiger partial charge in [0.25, 0.3) is 5.56 Å². The monoisotopic (exact) mass is 418 g/mol. The van der Waals surface area contributed by atoms with E-state index in [4.69, 9.17) is 9.72 Å². The Balaban J connectivity index is 1.69. The van der Waals surface area contributed by atoms with Gasteiger partial charge in [0.2, 0.25) is 0 Å². The molecule has 0 bridgehead atoms. The lowest BCUT2D eigenvalue weighted by Crippen LogP contribution is -2.28. The molecule has 31 heavy (non-hydrogen) atoms. The van der Waals surface area contributed by atoms with Gasteiger partial charge in [-0.2, -0.15) is 0 Å². The quantitative estimate of drug-likeness (QED) is 0.497. The number of benzene rings is 2. The molecule has 1 heterocycles. The Bertz CT molecular complexity index is 1070. The lowest BCUT2D eigenvalue weighted by Gasteiger charge is -2.16. The summed E-state index contributed by atoms with van der Waals surface area (Å²) in [4.78, 5) is 29.0. The largest absolute Gasteiger partial charge is 0.492 e. The van der Waals surface area contributed by atoms with Crippen molar-refractivity contribution in [2.75, 3.05) is 6.61 Å². The van der Waals surface area contributed by atoms with Crippen LogP contribution in [0.1, 0.15) is 45.0 Å². The first-order valence-corrected chi connectivity index (χ1v) is 10.7. The van der Waals surface area contributed by atoms with Gasteiger partial charge in [0.1, 0.15) is 24.0 Å². The van der Waals surface area contributed by atoms with Crippen LogP contribution >= 0.6 is 0 Å². The molecular formula is C26H30N2O3. The van der Waals surface area contributed by atoms with E-state index in [9.17, 15) is 9.59 Å². The highest BCUT2D eigenvalue weighted by molar-refractivity contribution is 5.78. The summed E-state index contributed by atoms with van der Waals surface area (Å²) in [7, 11) is 0. The Morgan fingerprint density at radius 2 is 1.71 bits per heavy atom. The number of ether oxygens (including phenoxy) is 1. The molecule has 0 spiro atoms. The first kappa shape index (κ1) is 22.5. The summed E-state index contributed by atoms with van der Waals surface area (Å²) in [5.41, 5.74) is 2.66. The summed E-state index contributed by atoms with van der Waals surface area (Å²) in [5, 5.41) is 0. The van der Waals surface area contributed by atoms with Gasteiger partial charge in [0.15, 0.2) is 0 Å². The van der Waals surface area contributed by atoms with Crippen LogP contribution in [0.2, 0.25) is 0 Å². The first-order valence-electron chi connectivity index (χ1n) is 10.7. The fourth-order valence-corrected chi connectivity index (χ4v) is 3.42. The van der Waals surface area contributed by atoms with E-state index in [0.29, 0.717) is 18.8 Å². The summed E-state index contributed by atoms with van der Waals surface area (Å²) in [6.45, 7) is 8.43.